The Morgan fingerprint density at radius 1 is 0.347 bits per heavy atom. The number of anilines is 1. The molecular formula is C50H33N9O30S9. The van der Waals surface area contributed by atoms with Gasteiger partial charge in [-0.1, -0.05) is 51.5 Å². The van der Waals surface area contributed by atoms with Gasteiger partial charge in [0, 0.05) is 48.0 Å². The minimum atomic E-state index is -5.68. The first-order chi connectivity index (χ1) is 46.0. The number of hydrogen-bond acceptors (Lipinski definition) is 36. The summed E-state index contributed by atoms with van der Waals surface area (Å²) in [6.07, 6.45) is 0. The molecule has 0 aliphatic heterocycles. The predicted octanol–water partition coefficient (Wildman–Crippen LogP) is 12.6. The van der Waals surface area contributed by atoms with E-state index in [1.165, 1.54) is 42.5 Å². The van der Waals surface area contributed by atoms with E-state index in [-0.39, 0.29) is 84.2 Å². The van der Waals surface area contributed by atoms with Gasteiger partial charge in [0.1, 0.15) is 58.6 Å². The van der Waals surface area contributed by atoms with Crippen molar-refractivity contribution >= 4 is 202 Å². The van der Waals surface area contributed by atoms with Crippen LogP contribution in [-0.4, -0.2) is 109 Å². The molecule has 0 saturated heterocycles. The van der Waals surface area contributed by atoms with Crippen LogP contribution in [0.4, 0.5) is 51.2 Å². The topological polar surface area (TPSA) is 628 Å². The van der Waals surface area contributed by atoms with E-state index in [1.54, 1.807) is 0 Å². The third-order valence-corrected chi connectivity index (χ3v) is 20.8. The number of rotatable bonds is 23. The quantitative estimate of drug-likeness (QED) is 0.00706. The summed E-state index contributed by atoms with van der Waals surface area (Å²) in [5.41, 5.74) is 0.180. The lowest BCUT2D eigenvalue weighted by atomic mass is 10.0. The number of phenolic OH excluding ortho intramolecular Hbond substituents is 3. The molecule has 98 heavy (non-hydrogen) atoms. The van der Waals surface area contributed by atoms with Gasteiger partial charge in [0.05, 0.1) is 73.3 Å². The van der Waals surface area contributed by atoms with Gasteiger partial charge in [-0.25, -0.2) is 15.8 Å². The Bertz CT molecular complexity index is 5910. The van der Waals surface area contributed by atoms with Crippen LogP contribution in [0.15, 0.2) is 200 Å². The Hall–Kier alpha value is -8.75. The molecule has 0 aromatic heterocycles. The summed E-state index contributed by atoms with van der Waals surface area (Å²) in [6.45, 7) is 0. The van der Waals surface area contributed by atoms with Crippen molar-refractivity contribution in [2.24, 2.45) is 40.9 Å². The monoisotopic (exact) mass is 1530 g/mol. The first kappa shape index (κ1) is 72.0. The number of azo groups is 4. The first-order valence-electron chi connectivity index (χ1n) is 25.3. The van der Waals surface area contributed by atoms with Crippen LogP contribution < -0.4 is 5.73 Å². The Kier molecular flexibility index (Phi) is 20.2. The zero-order chi connectivity index (χ0) is 71.4. The molecule has 10 aromatic carbocycles. The van der Waals surface area contributed by atoms with Crippen LogP contribution in [0.3, 0.4) is 0 Å². The number of nitrogen functional groups attached to an aromatic ring is 1. The molecule has 0 fully saturated rings. The van der Waals surface area contributed by atoms with Gasteiger partial charge in [-0.2, -0.15) is 55.6 Å². The van der Waals surface area contributed by atoms with Crippen molar-refractivity contribution in [2.75, 3.05) is 5.73 Å². The van der Waals surface area contributed by atoms with E-state index in [1.807, 2.05) is 0 Å². The zero-order valence-corrected chi connectivity index (χ0v) is 54.4. The average molecular weight is 1530 g/mol. The van der Waals surface area contributed by atoms with E-state index in [2.05, 4.69) is 69.0 Å². The zero-order valence-electron chi connectivity index (χ0n) is 47.0. The van der Waals surface area contributed by atoms with E-state index in [4.69, 9.17) is 21.5 Å². The molecule has 0 aliphatic carbocycles. The van der Waals surface area contributed by atoms with E-state index < -0.39 is 179 Å². The first-order valence-corrected chi connectivity index (χ1v) is 36.2. The molecule has 0 amide bonds. The Morgan fingerprint density at radius 2 is 0.867 bits per heavy atom. The molecule has 0 unspecified atom stereocenters. The van der Waals surface area contributed by atoms with Crippen LogP contribution in [0.25, 0.3) is 53.9 Å². The van der Waals surface area contributed by atoms with Gasteiger partial charge >= 0.3 is 0 Å². The van der Waals surface area contributed by atoms with Crippen molar-refractivity contribution in [1.29, 1.82) is 0 Å². The van der Waals surface area contributed by atoms with Crippen LogP contribution >= 0.6 is 36.1 Å². The number of nitrogens with zero attached hydrogens (tertiary/aromatic N) is 8. The SMILES string of the molecule is Nc1c(N=Nc2ccc3c(O)c(N=Nc4ccc(S(=O)(=O)O)c5ccccc45)c(S(=O)(=O)O)cc3c2S(=O)(=O)O)cc(S(=O)(=O)O)c2cc(SOOO)c(N=Nc3ccc4cc(SOOO)c(N=Nc5c(S(=O)(=O)O)ccc6c(SOOO)cc(S(=O)(=O)O)cc56)c(O)c4c3)c(O)c12. The summed E-state index contributed by atoms with van der Waals surface area (Å²) in [7, 11) is -32.0. The van der Waals surface area contributed by atoms with Gasteiger partial charge in [0.2, 0.25) is 0 Å². The van der Waals surface area contributed by atoms with Crippen LogP contribution in [0.5, 0.6) is 17.2 Å². The summed E-state index contributed by atoms with van der Waals surface area (Å²) >= 11 is 0.367. The largest absolute Gasteiger partial charge is 0.505 e. The summed E-state index contributed by atoms with van der Waals surface area (Å²) in [4.78, 5) is -7.39. The third kappa shape index (κ3) is 14.7. The summed E-state index contributed by atoms with van der Waals surface area (Å²) in [5, 5.41) is 101. The third-order valence-electron chi connectivity index (χ3n) is 13.6. The highest BCUT2D eigenvalue weighted by Gasteiger charge is 2.31. The molecule has 48 heteroatoms. The molecule has 0 saturated carbocycles. The number of nitrogens with two attached hydrogens (primary N) is 1. The number of fused-ring (bicyclic) bond motifs is 5. The molecule has 0 heterocycles. The molecule has 0 bridgehead atoms. The van der Waals surface area contributed by atoms with Crippen molar-refractivity contribution in [1.82, 2.24) is 0 Å². The number of benzene rings is 10. The van der Waals surface area contributed by atoms with Gasteiger partial charge in [0.15, 0.2) is 17.2 Å². The van der Waals surface area contributed by atoms with Crippen molar-refractivity contribution in [3.8, 4) is 17.2 Å². The average Bonchev–Trinajstić information content (AvgIpc) is 0.754. The molecule has 10 aromatic rings. The van der Waals surface area contributed by atoms with Crippen molar-refractivity contribution in [2.45, 2.75) is 44.1 Å². The fourth-order valence-corrected chi connectivity index (χ4v) is 15.2. The molecule has 512 valence electrons. The van der Waals surface area contributed by atoms with Gasteiger partial charge in [0.25, 0.3) is 60.7 Å². The smallest absolute Gasteiger partial charge is 0.297 e. The van der Waals surface area contributed by atoms with Crippen molar-refractivity contribution in [3.05, 3.63) is 115 Å². The molecule has 39 nitrogen and oxygen atoms in total. The van der Waals surface area contributed by atoms with Crippen LogP contribution in [-0.2, 0) is 88.8 Å². The lowest BCUT2D eigenvalue weighted by molar-refractivity contribution is -0.432. The summed E-state index contributed by atoms with van der Waals surface area (Å²) in [5.74, 6) is -3.23. The molecule has 0 aliphatic rings. The Labute approximate surface area is 558 Å². The summed E-state index contributed by atoms with van der Waals surface area (Å²) < 4.78 is 228. The van der Waals surface area contributed by atoms with Gasteiger partial charge < -0.3 is 21.1 Å². The minimum absolute atomic E-state index is 0.0192. The number of hydrogen-bond donors (Lipinski definition) is 13. The van der Waals surface area contributed by atoms with Gasteiger partial charge in [-0.15, -0.1) is 48.8 Å². The number of phenols is 3. The van der Waals surface area contributed by atoms with Crippen LogP contribution in [0.1, 0.15) is 0 Å². The predicted molar refractivity (Wildman–Crippen MR) is 337 cm³/mol. The second-order valence-corrected chi connectivity index (χ2v) is 29.8. The van der Waals surface area contributed by atoms with Crippen molar-refractivity contribution < 1.29 is 137 Å². The lowest BCUT2D eigenvalue weighted by Gasteiger charge is -2.15. The highest BCUT2D eigenvalue weighted by molar-refractivity contribution is 7.95. The molecule has 0 radical (unpaired) electrons. The fourth-order valence-electron chi connectivity index (χ4n) is 9.55. The van der Waals surface area contributed by atoms with E-state index in [0.29, 0.717) is 18.2 Å². The van der Waals surface area contributed by atoms with Gasteiger partial charge in [-0.3, -0.25) is 27.3 Å². The van der Waals surface area contributed by atoms with E-state index >= 15 is 0 Å². The standard InChI is InChI=1S/C50H33N9O30S9/c51-42-33(55-54-32-9-7-26-29(50(32)98(81,82)83)18-40(97(78,79)80)46(47(26)60)59-53-31-10-12-37(94(69,70)71)25-4-2-1-3-23(25)31)19-39(96(75,76)77)30-17-36(92-89-86-65)45(49(62)41(30)42)57-52-21-6-5-20-13-35(91-88-85-64)44(48(61)27(20)14-21)58-56-43-28-15-22(93(66,67)68)16-34(90-87-84-63)24(28)8-11-38(43)95(72,73)74/h1-19,60-65H,51H2,(H,66,67,68)(H,69,70,71)(H,72,73,74)(H,75,76,77)(H,78,79,80)(H,81,82,83). The fraction of sp³-hybridized carbons (Fsp3) is 0. The molecule has 14 N–H and O–H groups in total. The molecule has 0 atom stereocenters. The maximum Gasteiger partial charge on any atom is 0.297 e. The molecule has 0 spiro atoms. The highest BCUT2D eigenvalue weighted by Crippen LogP contribution is 2.53. The summed E-state index contributed by atoms with van der Waals surface area (Å²) in [6, 6.07) is 19.0. The van der Waals surface area contributed by atoms with Crippen LogP contribution in [0.2, 0.25) is 0 Å². The van der Waals surface area contributed by atoms with E-state index in [0.717, 1.165) is 54.6 Å². The minimum Gasteiger partial charge on any atom is -0.505 e. The van der Waals surface area contributed by atoms with Gasteiger partial charge in [-0.05, 0) is 84.2 Å². The normalized spacial score (nSPS) is 13.2. The van der Waals surface area contributed by atoms with E-state index in [9.17, 15) is 93.1 Å². The Morgan fingerprint density at radius 3 is 1.48 bits per heavy atom. The van der Waals surface area contributed by atoms with Crippen molar-refractivity contribution in [3.63, 3.8) is 0 Å². The molecule has 10 rings (SSSR count). The second-order valence-electron chi connectivity index (χ2n) is 19.2. The van der Waals surface area contributed by atoms with Crippen LogP contribution in [0, 0.1) is 0 Å². The maximum atomic E-state index is 13.2. The Balaban J connectivity index is 1.09. The lowest BCUT2D eigenvalue weighted by Crippen LogP contribution is -2.03. The second kappa shape index (κ2) is 27.5. The molecular weight excluding hydrogens is 1500 g/mol. The number of aromatic hydroxyl groups is 3. The maximum absolute atomic E-state index is 13.2. The highest BCUT2D eigenvalue weighted by atomic mass is 32.2.